The van der Waals surface area contributed by atoms with Gasteiger partial charge >= 0.3 is 22.3 Å². The van der Waals surface area contributed by atoms with E-state index in [2.05, 4.69) is 20.9 Å². The van der Waals surface area contributed by atoms with Gasteiger partial charge in [-0.2, -0.15) is 8.42 Å². The maximum Gasteiger partial charge on any atom is 0.414 e. The van der Waals surface area contributed by atoms with E-state index in [1.807, 2.05) is 0 Å². The lowest BCUT2D eigenvalue weighted by atomic mass is 10.2. The summed E-state index contributed by atoms with van der Waals surface area (Å²) in [6.07, 6.45) is -2.70. The average Bonchev–Trinajstić information content (AvgIpc) is 2.74. The van der Waals surface area contributed by atoms with E-state index in [0.717, 1.165) is 0 Å². The Morgan fingerprint density at radius 1 is 0.861 bits per heavy atom. The molecule has 0 aromatic heterocycles. The van der Waals surface area contributed by atoms with E-state index in [-0.39, 0.29) is 28.0 Å². The molecule has 3 N–H and O–H groups in total. The smallest absolute Gasteiger partial charge is 0.414 e. The summed E-state index contributed by atoms with van der Waals surface area (Å²) in [5, 5.41) is 7.09. The van der Waals surface area contributed by atoms with Gasteiger partial charge in [0.25, 0.3) is 0 Å². The number of nitrogens with zero attached hydrogens (tertiary/aromatic N) is 1. The zero-order valence-electron chi connectivity index (χ0n) is 20.4. The highest BCUT2D eigenvalue weighted by Gasteiger charge is 2.19. The third-order valence-corrected chi connectivity index (χ3v) is 5.14. The number of carbonyl (C=O) groups excluding carboxylic acids is 3. The van der Waals surface area contributed by atoms with Gasteiger partial charge in [0.2, 0.25) is 11.9 Å². The zero-order chi connectivity index (χ0) is 26.9. The van der Waals surface area contributed by atoms with Crippen molar-refractivity contribution < 1.29 is 36.5 Å². The fourth-order valence-electron chi connectivity index (χ4n) is 2.60. The first-order valence-corrected chi connectivity index (χ1v) is 12.2. The average molecular weight is 521 g/mol. The molecular formula is C23H28N4O8S. The second-order valence-corrected chi connectivity index (χ2v) is 9.38. The minimum atomic E-state index is -4.15. The molecular weight excluding hydrogens is 492 g/mol. The summed E-state index contributed by atoms with van der Waals surface area (Å²) in [6.45, 7) is 7.77. The van der Waals surface area contributed by atoms with Gasteiger partial charge in [0.05, 0.1) is 23.6 Å². The van der Waals surface area contributed by atoms with Crippen molar-refractivity contribution >= 4 is 45.5 Å². The van der Waals surface area contributed by atoms with E-state index in [9.17, 15) is 22.8 Å². The molecule has 0 aliphatic rings. The summed E-state index contributed by atoms with van der Waals surface area (Å²) in [5.41, 5.74) is 0.0955. The lowest BCUT2D eigenvalue weighted by Crippen LogP contribution is -2.45. The van der Waals surface area contributed by atoms with Gasteiger partial charge in [-0.3, -0.25) is 15.4 Å². The molecule has 2 aromatic rings. The van der Waals surface area contributed by atoms with Crippen LogP contribution < -0.4 is 20.1 Å². The third-order valence-electron chi connectivity index (χ3n) is 3.88. The topological polar surface area (TPSA) is 161 Å². The van der Waals surface area contributed by atoms with Crippen LogP contribution in [0.25, 0.3) is 0 Å². The molecule has 0 saturated carbocycles. The molecule has 12 nitrogen and oxygen atoms in total. The van der Waals surface area contributed by atoms with Crippen molar-refractivity contribution in [3.05, 3.63) is 48.5 Å². The summed E-state index contributed by atoms with van der Waals surface area (Å²) in [5.74, 6) is -0.957. The molecule has 0 spiro atoms. The van der Waals surface area contributed by atoms with Crippen LogP contribution in [0.4, 0.5) is 21.0 Å². The first-order chi connectivity index (χ1) is 16.9. The van der Waals surface area contributed by atoms with Crippen molar-refractivity contribution in [2.24, 2.45) is 4.99 Å². The minimum Gasteiger partial charge on any atom is -0.447 e. The van der Waals surface area contributed by atoms with Crippen LogP contribution in [-0.2, 0) is 24.4 Å². The number of alkyl carbamates (subject to hydrolysis) is 2. The number of hydrogen-bond acceptors (Lipinski definition) is 9. The Kier molecular flexibility index (Phi) is 9.79. The first kappa shape index (κ1) is 28.1. The number of carbonyl (C=O) groups is 3. The van der Waals surface area contributed by atoms with Crippen LogP contribution >= 0.6 is 0 Å². The number of hydrogen-bond donors (Lipinski definition) is 3. The number of nitrogens with one attached hydrogen (secondary N) is 3. The standard InChI is InChI=1S/C23H28N4O8S/c1-14(2)33-22(29)26-21(27-23(30)34-15(3)4)25-19-12-11-17(13-20(19)24-16(5)28)35-36(31,32)18-9-7-6-8-10-18/h6-15H,1-5H3,(H,24,28)(H2,25,26,27,29,30). The fourth-order valence-corrected chi connectivity index (χ4v) is 3.55. The van der Waals surface area contributed by atoms with Gasteiger partial charge in [-0.15, -0.1) is 0 Å². The van der Waals surface area contributed by atoms with Crippen LogP contribution in [0.5, 0.6) is 5.75 Å². The third kappa shape index (κ3) is 9.25. The molecule has 0 heterocycles. The van der Waals surface area contributed by atoms with Gasteiger partial charge in [-0.1, -0.05) is 18.2 Å². The molecule has 0 atom stereocenters. The van der Waals surface area contributed by atoms with E-state index >= 15 is 0 Å². The van der Waals surface area contributed by atoms with E-state index in [1.165, 1.54) is 37.3 Å². The van der Waals surface area contributed by atoms with Crippen LogP contribution in [-0.4, -0.2) is 44.7 Å². The van der Waals surface area contributed by atoms with Gasteiger partial charge in [-0.25, -0.2) is 14.6 Å². The molecule has 13 heteroatoms. The lowest BCUT2D eigenvalue weighted by molar-refractivity contribution is -0.114. The number of anilines is 1. The Morgan fingerprint density at radius 2 is 1.42 bits per heavy atom. The van der Waals surface area contributed by atoms with E-state index < -0.39 is 40.4 Å². The largest absolute Gasteiger partial charge is 0.447 e. The van der Waals surface area contributed by atoms with E-state index in [4.69, 9.17) is 13.7 Å². The number of ether oxygens (including phenoxy) is 2. The van der Waals surface area contributed by atoms with Crippen molar-refractivity contribution in [2.75, 3.05) is 5.32 Å². The summed E-state index contributed by atoms with van der Waals surface area (Å²) in [4.78, 5) is 40.1. The van der Waals surface area contributed by atoms with Crippen molar-refractivity contribution in [2.45, 2.75) is 51.7 Å². The molecule has 0 aliphatic carbocycles. The van der Waals surface area contributed by atoms with Crippen LogP contribution in [0.15, 0.2) is 58.4 Å². The maximum absolute atomic E-state index is 12.6. The molecule has 2 aromatic carbocycles. The van der Waals surface area contributed by atoms with Gasteiger partial charge < -0.3 is 19.0 Å². The maximum atomic E-state index is 12.6. The monoisotopic (exact) mass is 520 g/mol. The molecule has 36 heavy (non-hydrogen) atoms. The van der Waals surface area contributed by atoms with Gasteiger partial charge in [0.1, 0.15) is 10.6 Å². The molecule has 0 aliphatic heterocycles. The van der Waals surface area contributed by atoms with Crippen molar-refractivity contribution in [3.8, 4) is 5.75 Å². The van der Waals surface area contributed by atoms with E-state index in [0.29, 0.717) is 0 Å². The molecule has 0 fully saturated rings. The minimum absolute atomic E-state index is 0.0406. The second kappa shape index (κ2) is 12.5. The molecule has 194 valence electrons. The second-order valence-electron chi connectivity index (χ2n) is 7.83. The Morgan fingerprint density at radius 3 is 1.92 bits per heavy atom. The molecule has 0 unspecified atom stereocenters. The number of benzene rings is 2. The molecule has 2 rings (SSSR count). The van der Waals surface area contributed by atoms with Crippen LogP contribution in [0.1, 0.15) is 34.6 Å². The fraction of sp³-hybridized carbons (Fsp3) is 0.304. The highest BCUT2D eigenvalue weighted by Crippen LogP contribution is 2.31. The molecule has 0 radical (unpaired) electrons. The highest BCUT2D eigenvalue weighted by atomic mass is 32.2. The Labute approximate surface area is 209 Å². The Balaban J connectivity index is 2.43. The normalized spacial score (nSPS) is 10.9. The molecule has 0 bridgehead atoms. The molecule has 3 amide bonds. The number of guanidine groups is 1. The summed E-state index contributed by atoms with van der Waals surface area (Å²) in [7, 11) is -4.15. The molecule has 0 saturated heterocycles. The first-order valence-electron chi connectivity index (χ1n) is 10.8. The summed E-state index contributed by atoms with van der Waals surface area (Å²) < 4.78 is 40.3. The van der Waals surface area contributed by atoms with E-state index in [1.54, 1.807) is 45.9 Å². The zero-order valence-corrected chi connectivity index (χ0v) is 21.2. The Hall–Kier alpha value is -4.13. The van der Waals surface area contributed by atoms with Crippen molar-refractivity contribution in [3.63, 3.8) is 0 Å². The SMILES string of the molecule is CC(=O)Nc1cc(OS(=O)(=O)c2ccccc2)ccc1N=C(NC(=O)OC(C)C)NC(=O)OC(C)C. The van der Waals surface area contributed by atoms with Gasteiger partial charge in [0.15, 0.2) is 0 Å². The summed E-state index contributed by atoms with van der Waals surface area (Å²) >= 11 is 0. The quantitative estimate of drug-likeness (QED) is 0.283. The summed E-state index contributed by atoms with van der Waals surface area (Å²) in [6, 6.07) is 11.4. The predicted molar refractivity (Wildman–Crippen MR) is 132 cm³/mol. The van der Waals surface area contributed by atoms with Crippen LogP contribution in [0.3, 0.4) is 0 Å². The predicted octanol–water partition coefficient (Wildman–Crippen LogP) is 3.67. The van der Waals surface area contributed by atoms with Crippen LogP contribution in [0.2, 0.25) is 0 Å². The van der Waals surface area contributed by atoms with Crippen LogP contribution in [0, 0.1) is 0 Å². The van der Waals surface area contributed by atoms with Crippen molar-refractivity contribution in [1.29, 1.82) is 0 Å². The highest BCUT2D eigenvalue weighted by molar-refractivity contribution is 7.87. The Bertz CT molecular complexity index is 1200. The number of aliphatic imine (C=N–C) groups is 1. The number of amides is 3. The van der Waals surface area contributed by atoms with Gasteiger partial charge in [0, 0.05) is 13.0 Å². The van der Waals surface area contributed by atoms with Crippen molar-refractivity contribution in [1.82, 2.24) is 10.6 Å². The number of rotatable bonds is 7. The van der Waals surface area contributed by atoms with Gasteiger partial charge in [-0.05, 0) is 52.0 Å². The lowest BCUT2D eigenvalue weighted by Gasteiger charge is -2.15.